The summed E-state index contributed by atoms with van der Waals surface area (Å²) in [6.07, 6.45) is -0.129. The van der Waals surface area contributed by atoms with E-state index in [1.54, 1.807) is 25.3 Å². The standard InChI is InChI=1S/C16H13F3N4O3/c1-9-4-10(5-21-14(9)26-8-16(17,18)19)6-23-7-11-12(22-23)2-3-20-13(11)15(24)25/h2-5,7H,6,8H2,1H3,(H,24,25). The fourth-order valence-electron chi connectivity index (χ4n) is 2.44. The van der Waals surface area contributed by atoms with Crippen molar-refractivity contribution >= 4 is 16.9 Å². The van der Waals surface area contributed by atoms with Gasteiger partial charge in [-0.25, -0.2) is 14.8 Å². The Kier molecular flexibility index (Phi) is 4.49. The molecule has 0 aliphatic rings. The van der Waals surface area contributed by atoms with Gasteiger partial charge in [-0.1, -0.05) is 0 Å². The van der Waals surface area contributed by atoms with Crippen molar-refractivity contribution in [2.24, 2.45) is 0 Å². The molecule has 3 aromatic heterocycles. The Balaban J connectivity index is 1.81. The van der Waals surface area contributed by atoms with Gasteiger partial charge < -0.3 is 9.84 Å². The number of aromatic nitrogens is 4. The molecule has 26 heavy (non-hydrogen) atoms. The smallest absolute Gasteiger partial charge is 0.422 e. The van der Waals surface area contributed by atoms with E-state index in [0.717, 1.165) is 0 Å². The van der Waals surface area contributed by atoms with Crippen LogP contribution in [0.4, 0.5) is 13.2 Å². The van der Waals surface area contributed by atoms with Gasteiger partial charge in [0.2, 0.25) is 5.88 Å². The number of carboxylic acid groups (broad SMARTS) is 1. The number of aromatic carboxylic acids is 1. The fourth-order valence-corrected chi connectivity index (χ4v) is 2.44. The van der Waals surface area contributed by atoms with E-state index in [0.29, 0.717) is 22.0 Å². The van der Waals surface area contributed by atoms with Crippen molar-refractivity contribution in [3.8, 4) is 5.88 Å². The highest BCUT2D eigenvalue weighted by Crippen LogP contribution is 2.21. The van der Waals surface area contributed by atoms with Crippen molar-refractivity contribution in [1.82, 2.24) is 19.7 Å². The van der Waals surface area contributed by atoms with Crippen LogP contribution in [0.25, 0.3) is 10.9 Å². The predicted octanol–water partition coefficient (Wildman–Crippen LogP) is 2.82. The number of carboxylic acids is 1. The molecule has 1 N–H and O–H groups in total. The Bertz CT molecular complexity index is 969. The van der Waals surface area contributed by atoms with Gasteiger partial charge in [-0.05, 0) is 24.6 Å². The fraction of sp³-hybridized carbons (Fsp3) is 0.250. The molecule has 3 heterocycles. The van der Waals surface area contributed by atoms with Crippen molar-refractivity contribution in [3.63, 3.8) is 0 Å². The molecule has 0 saturated carbocycles. The van der Waals surface area contributed by atoms with E-state index < -0.39 is 18.8 Å². The first-order valence-electron chi connectivity index (χ1n) is 7.43. The highest BCUT2D eigenvalue weighted by molar-refractivity contribution is 6.00. The summed E-state index contributed by atoms with van der Waals surface area (Å²) < 4.78 is 42.8. The molecule has 0 spiro atoms. The minimum atomic E-state index is -4.43. The number of carbonyl (C=O) groups is 1. The number of hydrogen-bond donors (Lipinski definition) is 1. The highest BCUT2D eigenvalue weighted by atomic mass is 19.4. The van der Waals surface area contributed by atoms with E-state index in [-0.39, 0.29) is 18.1 Å². The van der Waals surface area contributed by atoms with Gasteiger partial charge in [-0.15, -0.1) is 0 Å². The molecule has 0 fully saturated rings. The molecule has 0 saturated heterocycles. The van der Waals surface area contributed by atoms with E-state index in [4.69, 9.17) is 5.11 Å². The molecule has 0 bridgehead atoms. The lowest BCUT2D eigenvalue weighted by Gasteiger charge is -2.11. The van der Waals surface area contributed by atoms with E-state index in [1.807, 2.05) is 0 Å². The van der Waals surface area contributed by atoms with Gasteiger partial charge in [0.05, 0.1) is 17.4 Å². The third-order valence-corrected chi connectivity index (χ3v) is 3.49. The summed E-state index contributed by atoms with van der Waals surface area (Å²) in [7, 11) is 0. The molecule has 0 radical (unpaired) electrons. The maximum absolute atomic E-state index is 12.2. The van der Waals surface area contributed by atoms with Crippen molar-refractivity contribution in [2.75, 3.05) is 6.61 Å². The summed E-state index contributed by atoms with van der Waals surface area (Å²) >= 11 is 0. The number of halogens is 3. The van der Waals surface area contributed by atoms with Crippen molar-refractivity contribution in [3.05, 3.63) is 47.5 Å². The molecule has 0 amide bonds. The topological polar surface area (TPSA) is 90.1 Å². The zero-order chi connectivity index (χ0) is 18.9. The lowest BCUT2D eigenvalue weighted by molar-refractivity contribution is -0.154. The number of nitrogens with zero attached hydrogens (tertiary/aromatic N) is 4. The Morgan fingerprint density at radius 2 is 2.12 bits per heavy atom. The van der Waals surface area contributed by atoms with Crippen LogP contribution in [0.1, 0.15) is 21.6 Å². The lowest BCUT2D eigenvalue weighted by Crippen LogP contribution is -2.20. The summed E-state index contributed by atoms with van der Waals surface area (Å²) in [5, 5.41) is 13.8. The van der Waals surface area contributed by atoms with Gasteiger partial charge >= 0.3 is 12.1 Å². The van der Waals surface area contributed by atoms with E-state index in [9.17, 15) is 18.0 Å². The molecular formula is C16H13F3N4O3. The predicted molar refractivity (Wildman–Crippen MR) is 84.1 cm³/mol. The van der Waals surface area contributed by atoms with Crippen LogP contribution in [-0.4, -0.2) is 43.6 Å². The van der Waals surface area contributed by atoms with Crippen molar-refractivity contribution < 1.29 is 27.8 Å². The Morgan fingerprint density at radius 3 is 2.77 bits per heavy atom. The Morgan fingerprint density at radius 1 is 1.35 bits per heavy atom. The van der Waals surface area contributed by atoms with Crippen LogP contribution in [0.2, 0.25) is 0 Å². The first kappa shape index (κ1) is 17.6. The minimum absolute atomic E-state index is 0.0888. The third kappa shape index (κ3) is 3.90. The molecule has 0 aliphatic carbocycles. The molecule has 3 aromatic rings. The number of hydrogen-bond acceptors (Lipinski definition) is 5. The van der Waals surface area contributed by atoms with Gasteiger partial charge in [0.25, 0.3) is 0 Å². The maximum Gasteiger partial charge on any atom is 0.422 e. The van der Waals surface area contributed by atoms with Crippen LogP contribution in [0.15, 0.2) is 30.7 Å². The Hall–Kier alpha value is -3.17. The normalized spacial score (nSPS) is 11.7. The van der Waals surface area contributed by atoms with Crippen molar-refractivity contribution in [2.45, 2.75) is 19.6 Å². The zero-order valence-electron chi connectivity index (χ0n) is 13.5. The second-order valence-corrected chi connectivity index (χ2v) is 5.59. The largest absolute Gasteiger partial charge is 0.476 e. The van der Waals surface area contributed by atoms with Gasteiger partial charge in [0, 0.05) is 24.2 Å². The molecule has 0 unspecified atom stereocenters. The van der Waals surface area contributed by atoms with E-state index in [1.165, 1.54) is 17.1 Å². The minimum Gasteiger partial charge on any atom is -0.476 e. The summed E-state index contributed by atoms with van der Waals surface area (Å²) in [4.78, 5) is 18.9. The lowest BCUT2D eigenvalue weighted by atomic mass is 10.2. The zero-order valence-corrected chi connectivity index (χ0v) is 13.5. The average Bonchev–Trinajstić information content (AvgIpc) is 2.95. The van der Waals surface area contributed by atoms with Gasteiger partial charge in [-0.2, -0.15) is 18.3 Å². The van der Waals surface area contributed by atoms with Crippen LogP contribution in [-0.2, 0) is 6.54 Å². The SMILES string of the molecule is Cc1cc(Cn2cc3c(C(=O)O)nccc3n2)cnc1OCC(F)(F)F. The second-order valence-electron chi connectivity index (χ2n) is 5.59. The van der Waals surface area contributed by atoms with Crippen LogP contribution in [0, 0.1) is 6.92 Å². The average molecular weight is 366 g/mol. The number of aryl methyl sites for hydroxylation is 1. The number of rotatable bonds is 5. The molecule has 0 atom stereocenters. The molecule has 136 valence electrons. The Labute approximate surface area is 145 Å². The van der Waals surface area contributed by atoms with Crippen LogP contribution < -0.4 is 4.74 Å². The number of pyridine rings is 2. The van der Waals surface area contributed by atoms with Crippen LogP contribution >= 0.6 is 0 Å². The van der Waals surface area contributed by atoms with Crippen LogP contribution in [0.3, 0.4) is 0 Å². The van der Waals surface area contributed by atoms with E-state index in [2.05, 4.69) is 19.8 Å². The molecule has 10 heteroatoms. The maximum atomic E-state index is 12.2. The van der Waals surface area contributed by atoms with Gasteiger partial charge in [0.15, 0.2) is 12.3 Å². The summed E-state index contributed by atoms with van der Waals surface area (Å²) in [6, 6.07) is 3.23. The summed E-state index contributed by atoms with van der Waals surface area (Å²) in [6.45, 7) is 0.449. The number of fused-ring (bicyclic) bond motifs is 1. The molecular weight excluding hydrogens is 353 g/mol. The summed E-state index contributed by atoms with van der Waals surface area (Å²) in [5.41, 5.74) is 1.52. The molecule has 0 aliphatic heterocycles. The monoisotopic (exact) mass is 366 g/mol. The molecule has 3 rings (SSSR count). The highest BCUT2D eigenvalue weighted by Gasteiger charge is 2.29. The quantitative estimate of drug-likeness (QED) is 0.747. The van der Waals surface area contributed by atoms with E-state index >= 15 is 0 Å². The molecule has 0 aromatic carbocycles. The third-order valence-electron chi connectivity index (χ3n) is 3.49. The van der Waals surface area contributed by atoms with Gasteiger partial charge in [0.1, 0.15) is 0 Å². The van der Waals surface area contributed by atoms with Crippen molar-refractivity contribution in [1.29, 1.82) is 0 Å². The number of ether oxygens (including phenoxy) is 1. The number of alkyl halides is 3. The first-order chi connectivity index (χ1) is 12.2. The summed E-state index contributed by atoms with van der Waals surface area (Å²) in [5.74, 6) is -1.24. The molecule has 7 nitrogen and oxygen atoms in total. The second kappa shape index (κ2) is 6.62. The van der Waals surface area contributed by atoms with Crippen LogP contribution in [0.5, 0.6) is 5.88 Å². The first-order valence-corrected chi connectivity index (χ1v) is 7.43. The van der Waals surface area contributed by atoms with Gasteiger partial charge in [-0.3, -0.25) is 4.68 Å².